The first kappa shape index (κ1) is 14.8. The second-order valence-corrected chi connectivity index (χ2v) is 5.59. The van der Waals surface area contributed by atoms with Gasteiger partial charge in [0.15, 0.2) is 0 Å². The molecular formula is C15H24N4O. The van der Waals surface area contributed by atoms with Gasteiger partial charge in [-0.3, -0.25) is 9.78 Å². The van der Waals surface area contributed by atoms with Crippen LogP contribution in [0.4, 0.5) is 5.69 Å². The number of piperidine rings is 1. The molecule has 5 heteroatoms. The Hall–Kier alpha value is -1.62. The van der Waals surface area contributed by atoms with E-state index in [0.717, 1.165) is 25.3 Å². The van der Waals surface area contributed by atoms with E-state index in [1.807, 2.05) is 0 Å². The minimum Gasteiger partial charge on any atom is -0.397 e. The van der Waals surface area contributed by atoms with Crippen molar-refractivity contribution in [3.8, 4) is 0 Å². The van der Waals surface area contributed by atoms with Gasteiger partial charge in [-0.2, -0.15) is 0 Å². The van der Waals surface area contributed by atoms with Gasteiger partial charge in [-0.05, 0) is 45.0 Å². The molecule has 1 aliphatic rings. The number of pyridine rings is 1. The number of anilines is 1. The van der Waals surface area contributed by atoms with E-state index in [0.29, 0.717) is 12.1 Å². The molecule has 1 aliphatic heterocycles. The molecule has 0 radical (unpaired) electrons. The number of carbonyl (C=O) groups is 1. The summed E-state index contributed by atoms with van der Waals surface area (Å²) in [6, 6.07) is 3.74. The molecule has 3 N–H and O–H groups in total. The summed E-state index contributed by atoms with van der Waals surface area (Å²) < 4.78 is 0. The van der Waals surface area contributed by atoms with Crippen molar-refractivity contribution in [1.82, 2.24) is 15.2 Å². The number of hydrogen-bond acceptors (Lipinski definition) is 4. The highest BCUT2D eigenvalue weighted by Gasteiger charge is 2.15. The minimum absolute atomic E-state index is 0.0202. The Bertz CT molecular complexity index is 426. The third-order valence-corrected chi connectivity index (χ3v) is 3.58. The highest BCUT2D eigenvalue weighted by molar-refractivity contribution is 5.78. The molecule has 2 rings (SSSR count). The molecule has 5 nitrogen and oxygen atoms in total. The normalized spacial score (nSPS) is 17.6. The summed E-state index contributed by atoms with van der Waals surface area (Å²) in [5, 5.41) is 3.04. The number of aromatic nitrogens is 1. The zero-order valence-corrected chi connectivity index (χ0v) is 12.1. The Kier molecular flexibility index (Phi) is 5.35. The minimum atomic E-state index is 0.0202. The number of likely N-dealkylation sites (tertiary alicyclic amines) is 1. The van der Waals surface area contributed by atoms with E-state index in [4.69, 9.17) is 5.73 Å². The topological polar surface area (TPSA) is 71.2 Å². The van der Waals surface area contributed by atoms with Crippen LogP contribution in [0.5, 0.6) is 0 Å². The number of nitrogens with zero attached hydrogens (tertiary/aromatic N) is 2. The van der Waals surface area contributed by atoms with Crippen LogP contribution in [0.2, 0.25) is 0 Å². The van der Waals surface area contributed by atoms with Gasteiger partial charge in [0.05, 0.1) is 18.3 Å². The number of nitrogen functional groups attached to an aromatic ring is 1. The second-order valence-electron chi connectivity index (χ2n) is 5.59. The Labute approximate surface area is 120 Å². The predicted octanol–water partition coefficient (Wildman–Crippen LogP) is 1.20. The lowest BCUT2D eigenvalue weighted by atomic mass is 10.1. The fourth-order valence-electron chi connectivity index (χ4n) is 2.61. The van der Waals surface area contributed by atoms with Crippen molar-refractivity contribution in [2.45, 2.75) is 38.6 Å². The van der Waals surface area contributed by atoms with Crippen LogP contribution in [0.15, 0.2) is 18.3 Å². The van der Waals surface area contributed by atoms with Crippen LogP contribution in [0.25, 0.3) is 0 Å². The molecule has 1 unspecified atom stereocenters. The highest BCUT2D eigenvalue weighted by Crippen LogP contribution is 2.09. The average Bonchev–Trinajstić information content (AvgIpc) is 2.42. The zero-order chi connectivity index (χ0) is 14.4. The fraction of sp³-hybridized carbons (Fsp3) is 0.600. The van der Waals surface area contributed by atoms with Crippen molar-refractivity contribution in [2.24, 2.45) is 0 Å². The Morgan fingerprint density at radius 1 is 1.40 bits per heavy atom. The first-order valence-corrected chi connectivity index (χ1v) is 7.35. The van der Waals surface area contributed by atoms with Gasteiger partial charge in [0.1, 0.15) is 0 Å². The van der Waals surface area contributed by atoms with Gasteiger partial charge in [-0.25, -0.2) is 0 Å². The quantitative estimate of drug-likeness (QED) is 0.847. The van der Waals surface area contributed by atoms with Gasteiger partial charge >= 0.3 is 0 Å². The average molecular weight is 276 g/mol. The molecule has 1 atom stereocenters. The summed E-state index contributed by atoms with van der Waals surface area (Å²) in [4.78, 5) is 18.5. The van der Waals surface area contributed by atoms with Crippen molar-refractivity contribution in [3.05, 3.63) is 24.0 Å². The first-order valence-electron chi connectivity index (χ1n) is 7.35. The molecule has 0 spiro atoms. The van der Waals surface area contributed by atoms with Crippen LogP contribution < -0.4 is 11.1 Å². The van der Waals surface area contributed by atoms with Gasteiger partial charge in [-0.1, -0.05) is 6.42 Å². The van der Waals surface area contributed by atoms with Crippen molar-refractivity contribution in [2.75, 3.05) is 25.4 Å². The Morgan fingerprint density at radius 3 is 2.80 bits per heavy atom. The molecular weight excluding hydrogens is 252 g/mol. The maximum absolute atomic E-state index is 11.9. The summed E-state index contributed by atoms with van der Waals surface area (Å²) >= 11 is 0. The molecule has 2 heterocycles. The van der Waals surface area contributed by atoms with E-state index in [1.54, 1.807) is 18.3 Å². The van der Waals surface area contributed by atoms with Crippen molar-refractivity contribution >= 4 is 11.6 Å². The Balaban J connectivity index is 1.74. The number of hydrogen-bond donors (Lipinski definition) is 2. The summed E-state index contributed by atoms with van der Waals surface area (Å²) in [6.07, 6.45) is 5.77. The lowest BCUT2D eigenvalue weighted by Gasteiger charge is -2.29. The van der Waals surface area contributed by atoms with Crippen LogP contribution in [-0.2, 0) is 11.2 Å². The SMILES string of the molecule is CC(CN1CCCCC1)NC(=O)Cc1ccc(N)cn1. The molecule has 1 aromatic rings. The number of carbonyl (C=O) groups excluding carboxylic acids is 1. The van der Waals surface area contributed by atoms with Gasteiger partial charge < -0.3 is 16.0 Å². The molecule has 110 valence electrons. The van der Waals surface area contributed by atoms with Crippen LogP contribution in [0, 0.1) is 0 Å². The largest absolute Gasteiger partial charge is 0.397 e. The van der Waals surface area contributed by atoms with E-state index in [9.17, 15) is 4.79 Å². The molecule has 0 bridgehead atoms. The van der Waals surface area contributed by atoms with E-state index in [-0.39, 0.29) is 11.9 Å². The lowest BCUT2D eigenvalue weighted by molar-refractivity contribution is -0.121. The van der Waals surface area contributed by atoms with E-state index >= 15 is 0 Å². The zero-order valence-electron chi connectivity index (χ0n) is 12.1. The summed E-state index contributed by atoms with van der Waals surface area (Å²) in [7, 11) is 0. The van der Waals surface area contributed by atoms with Crippen LogP contribution in [0.3, 0.4) is 0 Å². The third-order valence-electron chi connectivity index (χ3n) is 3.58. The maximum Gasteiger partial charge on any atom is 0.226 e. The number of rotatable bonds is 5. The highest BCUT2D eigenvalue weighted by atomic mass is 16.1. The van der Waals surface area contributed by atoms with Gasteiger partial charge in [0.2, 0.25) is 5.91 Å². The third kappa shape index (κ3) is 4.81. The molecule has 0 saturated carbocycles. The van der Waals surface area contributed by atoms with Crippen LogP contribution in [-0.4, -0.2) is 41.5 Å². The molecule has 0 aliphatic carbocycles. The molecule has 1 fully saturated rings. The lowest BCUT2D eigenvalue weighted by Crippen LogP contribution is -2.44. The molecule has 20 heavy (non-hydrogen) atoms. The summed E-state index contributed by atoms with van der Waals surface area (Å²) in [5.41, 5.74) is 6.94. The number of amides is 1. The molecule has 1 amide bonds. The number of nitrogens with two attached hydrogens (primary N) is 1. The van der Waals surface area contributed by atoms with Crippen molar-refractivity contribution in [1.29, 1.82) is 0 Å². The first-order chi connectivity index (χ1) is 9.63. The van der Waals surface area contributed by atoms with Crippen LogP contribution >= 0.6 is 0 Å². The monoisotopic (exact) mass is 276 g/mol. The fourth-order valence-corrected chi connectivity index (χ4v) is 2.61. The van der Waals surface area contributed by atoms with Crippen molar-refractivity contribution < 1.29 is 4.79 Å². The Morgan fingerprint density at radius 2 is 2.15 bits per heavy atom. The van der Waals surface area contributed by atoms with Gasteiger partial charge in [0.25, 0.3) is 0 Å². The maximum atomic E-state index is 11.9. The van der Waals surface area contributed by atoms with Gasteiger partial charge in [0, 0.05) is 18.3 Å². The predicted molar refractivity (Wildman–Crippen MR) is 80.2 cm³/mol. The molecule has 1 saturated heterocycles. The van der Waals surface area contributed by atoms with E-state index < -0.39 is 0 Å². The van der Waals surface area contributed by atoms with Crippen LogP contribution in [0.1, 0.15) is 31.9 Å². The summed E-state index contributed by atoms with van der Waals surface area (Å²) in [6.45, 7) is 5.29. The standard InChI is InChI=1S/C15H24N4O/c1-12(11-19-7-3-2-4-8-19)18-15(20)9-14-6-5-13(16)10-17-14/h5-6,10,12H,2-4,7-9,11,16H2,1H3,(H,18,20). The van der Waals surface area contributed by atoms with Gasteiger partial charge in [-0.15, -0.1) is 0 Å². The number of nitrogens with one attached hydrogen (secondary N) is 1. The van der Waals surface area contributed by atoms with E-state index in [1.165, 1.54) is 19.3 Å². The molecule has 0 aromatic carbocycles. The summed E-state index contributed by atoms with van der Waals surface area (Å²) in [5.74, 6) is 0.0202. The van der Waals surface area contributed by atoms with E-state index in [2.05, 4.69) is 22.1 Å². The molecule has 1 aromatic heterocycles. The van der Waals surface area contributed by atoms with Crippen molar-refractivity contribution in [3.63, 3.8) is 0 Å². The smallest absolute Gasteiger partial charge is 0.226 e. The second kappa shape index (κ2) is 7.24.